The van der Waals surface area contributed by atoms with E-state index in [2.05, 4.69) is 15.8 Å². The molecule has 0 unspecified atom stereocenters. The summed E-state index contributed by atoms with van der Waals surface area (Å²) in [7, 11) is 0. The van der Waals surface area contributed by atoms with E-state index in [0.717, 1.165) is 11.1 Å². The Labute approximate surface area is 225 Å². The number of nitrogens with zero attached hydrogens (tertiary/aromatic N) is 3. The average Bonchev–Trinajstić information content (AvgIpc) is 3.42. The molecule has 0 atom stereocenters. The molecule has 3 aromatic carbocycles. The molecule has 2 amide bonds. The predicted octanol–water partition coefficient (Wildman–Crippen LogP) is 5.25. The van der Waals surface area contributed by atoms with Crippen molar-refractivity contribution in [3.63, 3.8) is 0 Å². The highest BCUT2D eigenvalue weighted by atomic mass is 16.6. The maximum absolute atomic E-state index is 13.1. The van der Waals surface area contributed by atoms with Gasteiger partial charge >= 0.3 is 0 Å². The number of rotatable bonds is 9. The lowest BCUT2D eigenvalue weighted by Gasteiger charge is -2.10. The zero-order valence-electron chi connectivity index (χ0n) is 21.0. The fourth-order valence-corrected chi connectivity index (χ4v) is 3.71. The first-order valence-corrected chi connectivity index (χ1v) is 12.0. The second-order valence-corrected chi connectivity index (χ2v) is 8.45. The van der Waals surface area contributed by atoms with Crippen molar-refractivity contribution in [1.29, 1.82) is 0 Å². The first-order chi connectivity index (χ1) is 18.9. The van der Waals surface area contributed by atoms with Crippen LogP contribution < -0.4 is 10.7 Å². The van der Waals surface area contributed by atoms with E-state index in [1.807, 2.05) is 43.3 Å². The third-order valence-electron chi connectivity index (χ3n) is 5.58. The summed E-state index contributed by atoms with van der Waals surface area (Å²) in [4.78, 5) is 36.3. The van der Waals surface area contributed by atoms with Crippen LogP contribution in [0.25, 0.3) is 11.8 Å². The van der Waals surface area contributed by atoms with Crippen molar-refractivity contribution in [2.45, 2.75) is 6.92 Å². The summed E-state index contributed by atoms with van der Waals surface area (Å²) in [6.45, 7) is 1.83. The number of non-ortho nitro benzene ring substituents is 1. The van der Waals surface area contributed by atoms with Crippen LogP contribution in [0.5, 0.6) is 0 Å². The van der Waals surface area contributed by atoms with Crippen molar-refractivity contribution in [2.75, 3.05) is 0 Å². The summed E-state index contributed by atoms with van der Waals surface area (Å²) < 4.78 is 1.76. The molecule has 4 aromatic rings. The summed E-state index contributed by atoms with van der Waals surface area (Å²) in [6, 6.07) is 27.8. The van der Waals surface area contributed by atoms with Gasteiger partial charge in [-0.3, -0.25) is 19.7 Å². The van der Waals surface area contributed by atoms with Gasteiger partial charge in [0.15, 0.2) is 0 Å². The molecule has 4 rings (SSSR count). The largest absolute Gasteiger partial charge is 0.317 e. The van der Waals surface area contributed by atoms with Crippen molar-refractivity contribution in [1.82, 2.24) is 15.3 Å². The molecule has 0 bridgehead atoms. The van der Waals surface area contributed by atoms with E-state index < -0.39 is 16.7 Å². The number of aromatic nitrogens is 1. The van der Waals surface area contributed by atoms with Gasteiger partial charge in [-0.05, 0) is 60.5 Å². The lowest BCUT2D eigenvalue weighted by atomic mass is 10.1. The number of hydrazone groups is 1. The van der Waals surface area contributed by atoms with Crippen molar-refractivity contribution < 1.29 is 14.5 Å². The molecule has 0 saturated heterocycles. The van der Waals surface area contributed by atoms with Crippen molar-refractivity contribution in [3.05, 3.63) is 148 Å². The number of hydrogen-bond donors (Lipinski definition) is 2. The maximum Gasteiger partial charge on any atom is 0.287 e. The van der Waals surface area contributed by atoms with E-state index in [1.54, 1.807) is 71.4 Å². The topological polar surface area (TPSA) is 119 Å². The van der Waals surface area contributed by atoms with Gasteiger partial charge in [-0.1, -0.05) is 54.6 Å². The number of carbonyl (C=O) groups is 2. The smallest absolute Gasteiger partial charge is 0.287 e. The molecule has 9 nitrogen and oxygen atoms in total. The number of hydrogen-bond acceptors (Lipinski definition) is 5. The highest BCUT2D eigenvalue weighted by molar-refractivity contribution is 6.03. The van der Waals surface area contributed by atoms with Crippen LogP contribution in [0.1, 0.15) is 28.5 Å². The van der Waals surface area contributed by atoms with Gasteiger partial charge in [0.1, 0.15) is 5.70 Å². The molecule has 194 valence electrons. The van der Waals surface area contributed by atoms with Crippen LogP contribution >= 0.6 is 0 Å². The van der Waals surface area contributed by atoms with Crippen molar-refractivity contribution in [2.24, 2.45) is 5.10 Å². The standard InChI is InChI=1S/C30H25N5O4/c1-22(19-23-9-4-2-5-10-23)20-28(32-29(36)24-11-6-3-7-12-24)30(37)33-31-21-27-13-8-18-34(27)25-14-16-26(17-15-25)35(38)39/h2-21H,1H3,(H,32,36)(H,33,37)/b22-19+,28-20+,31-21-. The van der Waals surface area contributed by atoms with Crippen LogP contribution in [-0.2, 0) is 4.79 Å². The van der Waals surface area contributed by atoms with Gasteiger partial charge in [0.2, 0.25) is 0 Å². The SMILES string of the molecule is CC(=C\c1ccccc1)/C=C(/NC(=O)c1ccccc1)C(=O)N/N=C\c1cccn1-c1ccc([N+](=O)[O-])cc1. The number of carbonyl (C=O) groups excluding carboxylic acids is 2. The molecule has 0 aliphatic rings. The first-order valence-electron chi connectivity index (χ1n) is 12.0. The molecule has 0 aliphatic carbocycles. The average molecular weight is 520 g/mol. The Morgan fingerprint density at radius 1 is 0.897 bits per heavy atom. The Balaban J connectivity index is 1.53. The Bertz CT molecular complexity index is 1550. The van der Waals surface area contributed by atoms with E-state index in [0.29, 0.717) is 16.9 Å². The van der Waals surface area contributed by atoms with Crippen molar-refractivity contribution in [3.8, 4) is 5.69 Å². The Hall–Kier alpha value is -5.57. The molecule has 0 aliphatic heterocycles. The fraction of sp³-hybridized carbons (Fsp3) is 0.0333. The van der Waals surface area contributed by atoms with Gasteiger partial charge in [-0.2, -0.15) is 5.10 Å². The second-order valence-electron chi connectivity index (χ2n) is 8.45. The quantitative estimate of drug-likeness (QED) is 0.103. The summed E-state index contributed by atoms with van der Waals surface area (Å²) in [5.74, 6) is -1.04. The minimum atomic E-state index is -0.607. The van der Waals surface area contributed by atoms with Gasteiger partial charge in [0.05, 0.1) is 16.8 Å². The van der Waals surface area contributed by atoms with E-state index in [-0.39, 0.29) is 11.4 Å². The minimum absolute atomic E-state index is 0.0122. The zero-order valence-corrected chi connectivity index (χ0v) is 21.0. The van der Waals surface area contributed by atoms with Crippen molar-refractivity contribution >= 4 is 29.8 Å². The van der Waals surface area contributed by atoms with E-state index in [4.69, 9.17) is 0 Å². The van der Waals surface area contributed by atoms with Gasteiger partial charge in [-0.15, -0.1) is 0 Å². The van der Waals surface area contributed by atoms with Crippen LogP contribution in [0, 0.1) is 10.1 Å². The summed E-state index contributed by atoms with van der Waals surface area (Å²) in [5, 5.41) is 17.7. The fourth-order valence-electron chi connectivity index (χ4n) is 3.71. The zero-order chi connectivity index (χ0) is 27.6. The summed E-state index contributed by atoms with van der Waals surface area (Å²) in [5.41, 5.74) is 5.90. The highest BCUT2D eigenvalue weighted by Gasteiger charge is 2.14. The molecule has 0 fully saturated rings. The van der Waals surface area contributed by atoms with Crippen LogP contribution in [0.3, 0.4) is 0 Å². The third-order valence-corrected chi connectivity index (χ3v) is 5.58. The minimum Gasteiger partial charge on any atom is -0.317 e. The molecule has 9 heteroatoms. The van der Waals surface area contributed by atoms with Crippen LogP contribution in [-0.4, -0.2) is 27.5 Å². The Morgan fingerprint density at radius 2 is 1.56 bits per heavy atom. The first kappa shape index (κ1) is 26.5. The number of nitro groups is 1. The molecule has 0 radical (unpaired) electrons. The lowest BCUT2D eigenvalue weighted by molar-refractivity contribution is -0.384. The number of nitrogens with one attached hydrogen (secondary N) is 2. The third kappa shape index (κ3) is 7.23. The van der Waals surface area contributed by atoms with Crippen LogP contribution in [0.15, 0.2) is 126 Å². The van der Waals surface area contributed by atoms with E-state index in [9.17, 15) is 19.7 Å². The second kappa shape index (κ2) is 12.6. The van der Waals surface area contributed by atoms with Crippen LogP contribution in [0.2, 0.25) is 0 Å². The molecular formula is C30H25N5O4. The van der Waals surface area contributed by atoms with Gasteiger partial charge in [0, 0.05) is 29.6 Å². The molecule has 0 spiro atoms. The van der Waals surface area contributed by atoms with E-state index in [1.165, 1.54) is 18.3 Å². The predicted molar refractivity (Wildman–Crippen MR) is 150 cm³/mol. The molecule has 39 heavy (non-hydrogen) atoms. The number of benzene rings is 3. The molecule has 0 saturated carbocycles. The normalized spacial score (nSPS) is 11.8. The Morgan fingerprint density at radius 3 is 2.23 bits per heavy atom. The maximum atomic E-state index is 13.1. The van der Waals surface area contributed by atoms with Gasteiger partial charge < -0.3 is 9.88 Å². The highest BCUT2D eigenvalue weighted by Crippen LogP contribution is 2.17. The molecular weight excluding hydrogens is 494 g/mol. The molecule has 1 aromatic heterocycles. The monoisotopic (exact) mass is 519 g/mol. The number of amides is 2. The molecule has 1 heterocycles. The number of nitro benzene ring substituents is 1. The number of allylic oxidation sites excluding steroid dienone is 2. The van der Waals surface area contributed by atoms with Gasteiger partial charge in [-0.25, -0.2) is 5.43 Å². The Kier molecular flexibility index (Phi) is 8.56. The summed E-state index contributed by atoms with van der Waals surface area (Å²) in [6.07, 6.45) is 6.69. The van der Waals surface area contributed by atoms with Gasteiger partial charge in [0.25, 0.3) is 17.5 Å². The van der Waals surface area contributed by atoms with E-state index >= 15 is 0 Å². The summed E-state index contributed by atoms with van der Waals surface area (Å²) >= 11 is 0. The molecule has 2 N–H and O–H groups in total. The lowest BCUT2D eigenvalue weighted by Crippen LogP contribution is -2.33. The van der Waals surface area contributed by atoms with Crippen LogP contribution in [0.4, 0.5) is 5.69 Å².